The highest BCUT2D eigenvalue weighted by molar-refractivity contribution is 4.68. The molecule has 2 N–H and O–H groups in total. The topological polar surface area (TPSA) is 35.2 Å². The predicted octanol–water partition coefficient (Wildman–Crippen LogP) is 0.0627. The molecule has 0 saturated carbocycles. The zero-order valence-corrected chi connectivity index (χ0v) is 3.19. The van der Waals surface area contributed by atoms with Crippen LogP contribution < -0.4 is 5.73 Å². The van der Waals surface area contributed by atoms with Crippen molar-refractivity contribution in [3.8, 4) is 0 Å². The Kier molecular flexibility index (Phi) is 1.42. The van der Waals surface area contributed by atoms with Crippen LogP contribution in [0.4, 0.5) is 0 Å². The molecule has 0 bridgehead atoms. The molecule has 0 aromatic heterocycles. The van der Waals surface area contributed by atoms with Gasteiger partial charge in [0.2, 0.25) is 0 Å². The maximum absolute atomic E-state index is 4.88. The average molecular weight is 73.1 g/mol. The fraction of sp³-hybridized carbons (Fsp3) is 0.333. The number of nitrogens with two attached hydrogens (primary N) is 1. The fourth-order valence-corrected chi connectivity index (χ4v) is 0. The number of hydrogen-bond acceptors (Lipinski definition) is 2. The Bertz CT molecular complexity index is 42.2. The zero-order valence-electron chi connectivity index (χ0n) is 3.19. The van der Waals surface area contributed by atoms with Gasteiger partial charge >= 0.3 is 0 Å². The minimum Gasteiger partial charge on any atom is -0.483 e. The molecule has 0 saturated heterocycles. The third-order valence-corrected chi connectivity index (χ3v) is 0.262. The van der Waals surface area contributed by atoms with Gasteiger partial charge in [-0.2, -0.15) is 0 Å². The van der Waals surface area contributed by atoms with Gasteiger partial charge in [-0.05, 0) is 6.58 Å². The minimum atomic E-state index is 0.255. The summed E-state index contributed by atoms with van der Waals surface area (Å²) in [4.78, 5) is 0. The molecule has 0 atom stereocenters. The highest BCUT2D eigenvalue weighted by Crippen LogP contribution is 1.68. The van der Waals surface area contributed by atoms with Crippen LogP contribution >= 0.6 is 0 Å². The second-order valence-corrected chi connectivity index (χ2v) is 0.670. The van der Waals surface area contributed by atoms with Crippen molar-refractivity contribution in [1.29, 1.82) is 0 Å². The maximum Gasteiger partial charge on any atom is 0.176 e. The van der Waals surface area contributed by atoms with Crippen molar-refractivity contribution < 1.29 is 4.74 Å². The Labute approximate surface area is 31.2 Å². The first-order valence-electron chi connectivity index (χ1n) is 1.25. The predicted molar refractivity (Wildman–Crippen MR) is 20.3 cm³/mol. The Balaban J connectivity index is 2.85. The van der Waals surface area contributed by atoms with Crippen molar-refractivity contribution in [2.24, 2.45) is 5.73 Å². The van der Waals surface area contributed by atoms with Crippen LogP contribution in [0.3, 0.4) is 0 Å². The van der Waals surface area contributed by atoms with Crippen LogP contribution in [0, 0.1) is 0 Å². The third-order valence-electron chi connectivity index (χ3n) is 0.262. The van der Waals surface area contributed by atoms with Gasteiger partial charge < -0.3 is 10.5 Å². The van der Waals surface area contributed by atoms with Gasteiger partial charge in [0.25, 0.3) is 0 Å². The van der Waals surface area contributed by atoms with Crippen LogP contribution in [0.25, 0.3) is 0 Å². The molecule has 2 nitrogen and oxygen atoms in total. The van der Waals surface area contributed by atoms with E-state index < -0.39 is 0 Å². The Morgan fingerprint density at radius 1 is 2.00 bits per heavy atom. The summed E-state index contributed by atoms with van der Waals surface area (Å²) in [5.74, 6) is 0.255. The van der Waals surface area contributed by atoms with E-state index in [-0.39, 0.29) is 5.88 Å². The van der Waals surface area contributed by atoms with Crippen molar-refractivity contribution in [3.05, 3.63) is 12.5 Å². The van der Waals surface area contributed by atoms with E-state index in [2.05, 4.69) is 11.3 Å². The summed E-state index contributed by atoms with van der Waals surface area (Å²) >= 11 is 0. The molecule has 30 valence electrons. The van der Waals surface area contributed by atoms with Crippen LogP contribution in [0.2, 0.25) is 0 Å². The highest BCUT2D eigenvalue weighted by atomic mass is 16.5. The maximum atomic E-state index is 4.88. The standard InChI is InChI=1S/C3H7NO/c1-3(4)5-2/h1,4H2,2H3. The van der Waals surface area contributed by atoms with Crippen molar-refractivity contribution in [1.82, 2.24) is 0 Å². The number of methoxy groups -OCH3 is 1. The van der Waals surface area contributed by atoms with Gasteiger partial charge in [0.1, 0.15) is 0 Å². The lowest BCUT2D eigenvalue weighted by Crippen LogP contribution is -1.94. The normalized spacial score (nSPS) is 6.60. The van der Waals surface area contributed by atoms with E-state index in [9.17, 15) is 0 Å². The molecule has 0 aromatic carbocycles. The molecule has 0 aromatic rings. The number of ether oxygens (including phenoxy) is 1. The molecule has 0 amide bonds. The smallest absolute Gasteiger partial charge is 0.176 e. The van der Waals surface area contributed by atoms with Gasteiger partial charge in [-0.25, -0.2) is 0 Å². The summed E-state index contributed by atoms with van der Waals surface area (Å²) in [6.45, 7) is 3.23. The van der Waals surface area contributed by atoms with Gasteiger partial charge in [-0.3, -0.25) is 0 Å². The second-order valence-electron chi connectivity index (χ2n) is 0.670. The fourth-order valence-electron chi connectivity index (χ4n) is 0. The largest absolute Gasteiger partial charge is 0.483 e. The van der Waals surface area contributed by atoms with Crippen LogP contribution in [-0.2, 0) is 4.74 Å². The summed E-state index contributed by atoms with van der Waals surface area (Å²) in [6, 6.07) is 0. The number of hydrogen-bond donors (Lipinski definition) is 1. The third kappa shape index (κ3) is 3.34. The molecule has 0 fully saturated rings. The van der Waals surface area contributed by atoms with E-state index in [4.69, 9.17) is 5.73 Å². The number of rotatable bonds is 1. The molecule has 0 aliphatic carbocycles. The summed E-state index contributed by atoms with van der Waals surface area (Å²) in [7, 11) is 1.47. The van der Waals surface area contributed by atoms with E-state index in [1.54, 1.807) is 0 Å². The minimum absolute atomic E-state index is 0.255. The van der Waals surface area contributed by atoms with E-state index in [1.807, 2.05) is 0 Å². The SMILES string of the molecule is C=C(N)OC. The highest BCUT2D eigenvalue weighted by Gasteiger charge is 1.64. The first-order valence-corrected chi connectivity index (χ1v) is 1.25. The summed E-state index contributed by atoms with van der Waals surface area (Å²) < 4.78 is 4.33. The van der Waals surface area contributed by atoms with Crippen molar-refractivity contribution >= 4 is 0 Å². The molecule has 2 heteroatoms. The van der Waals surface area contributed by atoms with Crippen molar-refractivity contribution in [3.63, 3.8) is 0 Å². The summed E-state index contributed by atoms with van der Waals surface area (Å²) in [5.41, 5.74) is 4.88. The van der Waals surface area contributed by atoms with Crippen LogP contribution in [0.1, 0.15) is 0 Å². The van der Waals surface area contributed by atoms with E-state index in [0.29, 0.717) is 0 Å². The molecule has 0 radical (unpaired) electrons. The van der Waals surface area contributed by atoms with Crippen LogP contribution in [0.5, 0.6) is 0 Å². The van der Waals surface area contributed by atoms with Gasteiger partial charge in [-0.15, -0.1) is 0 Å². The molecule has 0 rings (SSSR count). The lowest BCUT2D eigenvalue weighted by atomic mass is 11.0. The Morgan fingerprint density at radius 2 is 2.20 bits per heavy atom. The average Bonchev–Trinajstić information content (AvgIpc) is 1.38. The van der Waals surface area contributed by atoms with Crippen LogP contribution in [0.15, 0.2) is 12.5 Å². The molecule has 0 heterocycles. The van der Waals surface area contributed by atoms with Gasteiger partial charge in [0.05, 0.1) is 7.11 Å². The quantitative estimate of drug-likeness (QED) is 0.445. The monoisotopic (exact) mass is 73.1 g/mol. The molecular weight excluding hydrogens is 66.0 g/mol. The molecule has 0 unspecified atom stereocenters. The molecule has 0 spiro atoms. The Hall–Kier alpha value is -0.660. The molecular formula is C3H7NO. The zero-order chi connectivity index (χ0) is 4.28. The summed E-state index contributed by atoms with van der Waals surface area (Å²) in [6.07, 6.45) is 0. The van der Waals surface area contributed by atoms with Gasteiger partial charge in [0.15, 0.2) is 5.88 Å². The summed E-state index contributed by atoms with van der Waals surface area (Å²) in [5, 5.41) is 0. The van der Waals surface area contributed by atoms with Crippen molar-refractivity contribution in [2.45, 2.75) is 0 Å². The van der Waals surface area contributed by atoms with Gasteiger partial charge in [0, 0.05) is 0 Å². The van der Waals surface area contributed by atoms with Crippen LogP contribution in [-0.4, -0.2) is 7.11 Å². The van der Waals surface area contributed by atoms with Gasteiger partial charge in [-0.1, -0.05) is 0 Å². The Morgan fingerprint density at radius 3 is 2.20 bits per heavy atom. The first kappa shape index (κ1) is 4.34. The van der Waals surface area contributed by atoms with E-state index in [1.165, 1.54) is 7.11 Å². The van der Waals surface area contributed by atoms with E-state index in [0.717, 1.165) is 0 Å². The molecule has 0 aliphatic heterocycles. The lowest BCUT2D eigenvalue weighted by Gasteiger charge is -1.88. The second kappa shape index (κ2) is 1.64. The first-order chi connectivity index (χ1) is 2.27. The van der Waals surface area contributed by atoms with Crippen molar-refractivity contribution in [2.75, 3.05) is 7.11 Å². The molecule has 5 heavy (non-hydrogen) atoms. The van der Waals surface area contributed by atoms with E-state index >= 15 is 0 Å². The lowest BCUT2D eigenvalue weighted by molar-refractivity contribution is 0.289. The molecule has 0 aliphatic rings.